The van der Waals surface area contributed by atoms with Gasteiger partial charge in [-0.3, -0.25) is 4.79 Å². The highest BCUT2D eigenvalue weighted by atomic mass is 16.1. The fourth-order valence-electron chi connectivity index (χ4n) is 4.33. The van der Waals surface area contributed by atoms with Crippen LogP contribution in [-0.2, 0) is 4.79 Å². The van der Waals surface area contributed by atoms with Gasteiger partial charge < -0.3 is 15.1 Å². The SMILES string of the molecule is CCN(CC)c1ccc(/C=C2\C(=O)NC/C(=C/c3ccc(N(CC)CC)cc3)C2C)cc1. The third-order valence-electron chi connectivity index (χ3n) is 6.46. The Balaban J connectivity index is 1.81. The number of anilines is 2. The van der Waals surface area contributed by atoms with Crippen LogP contribution in [0.3, 0.4) is 0 Å². The minimum Gasteiger partial charge on any atom is -0.372 e. The molecule has 4 heteroatoms. The second kappa shape index (κ2) is 11.0. The first-order valence-electron chi connectivity index (χ1n) is 11.9. The maximum Gasteiger partial charge on any atom is 0.248 e. The Morgan fingerprint density at radius 2 is 1.22 bits per heavy atom. The molecule has 1 amide bonds. The number of nitrogens with zero attached hydrogens (tertiary/aromatic N) is 2. The predicted octanol–water partition coefficient (Wildman–Crippen LogP) is 5.61. The van der Waals surface area contributed by atoms with Gasteiger partial charge >= 0.3 is 0 Å². The molecule has 0 aromatic heterocycles. The summed E-state index contributed by atoms with van der Waals surface area (Å²) < 4.78 is 0. The molecule has 1 saturated heterocycles. The van der Waals surface area contributed by atoms with Crippen molar-refractivity contribution < 1.29 is 4.79 Å². The Morgan fingerprint density at radius 3 is 1.66 bits per heavy atom. The van der Waals surface area contributed by atoms with Crippen LogP contribution in [0.2, 0.25) is 0 Å². The molecule has 1 fully saturated rings. The molecule has 4 nitrogen and oxygen atoms in total. The van der Waals surface area contributed by atoms with Crippen molar-refractivity contribution in [2.24, 2.45) is 5.92 Å². The monoisotopic (exact) mass is 431 g/mol. The summed E-state index contributed by atoms with van der Waals surface area (Å²) in [6, 6.07) is 17.2. The van der Waals surface area contributed by atoms with E-state index in [0.717, 1.165) is 37.3 Å². The molecule has 2 aromatic rings. The maximum absolute atomic E-state index is 12.6. The predicted molar refractivity (Wildman–Crippen MR) is 138 cm³/mol. The highest BCUT2D eigenvalue weighted by molar-refractivity contribution is 6.00. The lowest BCUT2D eigenvalue weighted by Crippen LogP contribution is -2.36. The smallest absolute Gasteiger partial charge is 0.248 e. The minimum absolute atomic E-state index is 0.0272. The van der Waals surface area contributed by atoms with Crippen molar-refractivity contribution in [1.82, 2.24) is 5.32 Å². The normalized spacial score (nSPS) is 18.7. The third kappa shape index (κ3) is 5.42. The van der Waals surface area contributed by atoms with E-state index in [1.165, 1.54) is 22.5 Å². The summed E-state index contributed by atoms with van der Waals surface area (Å²) in [7, 11) is 0. The number of carbonyl (C=O) groups is 1. The van der Waals surface area contributed by atoms with Gasteiger partial charge in [-0.2, -0.15) is 0 Å². The van der Waals surface area contributed by atoms with Crippen LogP contribution < -0.4 is 15.1 Å². The lowest BCUT2D eigenvalue weighted by molar-refractivity contribution is -0.118. The van der Waals surface area contributed by atoms with Gasteiger partial charge in [-0.1, -0.05) is 37.3 Å². The molecule has 1 aliphatic rings. The fraction of sp³-hybridized carbons (Fsp3) is 0.393. The largest absolute Gasteiger partial charge is 0.372 e. The van der Waals surface area contributed by atoms with Crippen molar-refractivity contribution in [3.05, 3.63) is 70.8 Å². The van der Waals surface area contributed by atoms with Crippen LogP contribution in [0.5, 0.6) is 0 Å². The number of hydrogen-bond donors (Lipinski definition) is 1. The van der Waals surface area contributed by atoms with Crippen molar-refractivity contribution in [2.75, 3.05) is 42.5 Å². The molecule has 0 spiro atoms. The Kier molecular flexibility index (Phi) is 8.15. The molecule has 0 bridgehead atoms. The van der Waals surface area contributed by atoms with Gasteiger partial charge in [0.05, 0.1) is 0 Å². The van der Waals surface area contributed by atoms with Crippen LogP contribution in [0.25, 0.3) is 12.2 Å². The third-order valence-corrected chi connectivity index (χ3v) is 6.46. The summed E-state index contributed by atoms with van der Waals surface area (Å²) in [6.45, 7) is 15.4. The van der Waals surface area contributed by atoms with Crippen LogP contribution in [0, 0.1) is 5.92 Å². The zero-order valence-corrected chi connectivity index (χ0v) is 20.2. The maximum atomic E-state index is 12.6. The molecule has 1 atom stereocenters. The summed E-state index contributed by atoms with van der Waals surface area (Å²) in [5, 5.41) is 3.06. The average molecular weight is 432 g/mol. The van der Waals surface area contributed by atoms with Crippen molar-refractivity contribution in [1.29, 1.82) is 0 Å². The number of nitrogens with one attached hydrogen (secondary N) is 1. The van der Waals surface area contributed by atoms with Gasteiger partial charge in [0.2, 0.25) is 5.91 Å². The van der Waals surface area contributed by atoms with Crippen molar-refractivity contribution in [2.45, 2.75) is 34.6 Å². The fourth-order valence-corrected chi connectivity index (χ4v) is 4.33. The van der Waals surface area contributed by atoms with Crippen molar-refractivity contribution in [3.8, 4) is 0 Å². The van der Waals surface area contributed by atoms with Gasteiger partial charge in [-0.05, 0) is 74.7 Å². The van der Waals surface area contributed by atoms with Crippen LogP contribution in [0.15, 0.2) is 59.7 Å². The quantitative estimate of drug-likeness (QED) is 0.552. The zero-order chi connectivity index (χ0) is 23.1. The van der Waals surface area contributed by atoms with Gasteiger partial charge in [0.15, 0.2) is 0 Å². The zero-order valence-electron chi connectivity index (χ0n) is 20.2. The average Bonchev–Trinajstić information content (AvgIpc) is 2.82. The van der Waals surface area contributed by atoms with E-state index in [9.17, 15) is 4.79 Å². The first kappa shape index (κ1) is 23.6. The summed E-state index contributed by atoms with van der Waals surface area (Å²) in [5.74, 6) is 0.105. The Hall–Kier alpha value is -3.01. The molecule has 170 valence electrons. The summed E-state index contributed by atoms with van der Waals surface area (Å²) >= 11 is 0. The topological polar surface area (TPSA) is 35.6 Å². The van der Waals surface area contributed by atoms with Crippen LogP contribution >= 0.6 is 0 Å². The molecule has 0 radical (unpaired) electrons. The van der Waals surface area contributed by atoms with Gasteiger partial charge in [0.1, 0.15) is 0 Å². The molecule has 0 saturated carbocycles. The molecular formula is C28H37N3O. The van der Waals surface area contributed by atoms with E-state index < -0.39 is 0 Å². The lowest BCUT2D eigenvalue weighted by atomic mass is 9.86. The summed E-state index contributed by atoms with van der Waals surface area (Å²) in [5.41, 5.74) is 6.73. The molecule has 1 N–H and O–H groups in total. The number of piperidine rings is 1. The summed E-state index contributed by atoms with van der Waals surface area (Å²) in [4.78, 5) is 17.3. The van der Waals surface area contributed by atoms with Gasteiger partial charge in [0, 0.05) is 55.6 Å². The second-order valence-electron chi connectivity index (χ2n) is 8.25. The highest BCUT2D eigenvalue weighted by Crippen LogP contribution is 2.28. The molecule has 32 heavy (non-hydrogen) atoms. The first-order chi connectivity index (χ1) is 15.5. The first-order valence-corrected chi connectivity index (χ1v) is 11.9. The van der Waals surface area contributed by atoms with Crippen LogP contribution in [-0.4, -0.2) is 38.6 Å². The molecule has 0 aliphatic carbocycles. The van der Waals surface area contributed by atoms with E-state index in [2.05, 4.69) is 104 Å². The van der Waals surface area contributed by atoms with E-state index >= 15 is 0 Å². The summed E-state index contributed by atoms with van der Waals surface area (Å²) in [6.07, 6.45) is 4.25. The standard InChI is InChI=1S/C28H37N3O/c1-6-30(7-2)25-14-10-22(11-15-25)18-24-20-29-28(32)27(21(24)5)19-23-12-16-26(17-13-23)31(8-3)9-4/h10-19,21H,6-9,20H2,1-5H3,(H,29,32)/b24-18-,27-19-. The number of hydrogen-bond acceptors (Lipinski definition) is 3. The van der Waals surface area contributed by atoms with E-state index in [-0.39, 0.29) is 11.8 Å². The lowest BCUT2D eigenvalue weighted by Gasteiger charge is -2.26. The molecular weight excluding hydrogens is 394 g/mol. The number of rotatable bonds is 8. The van der Waals surface area contributed by atoms with Gasteiger partial charge in [0.25, 0.3) is 0 Å². The van der Waals surface area contributed by atoms with E-state index in [0.29, 0.717) is 6.54 Å². The Bertz CT molecular complexity index is 949. The van der Waals surface area contributed by atoms with Gasteiger partial charge in [-0.15, -0.1) is 0 Å². The Morgan fingerprint density at radius 1 is 0.781 bits per heavy atom. The molecule has 1 unspecified atom stereocenters. The van der Waals surface area contributed by atoms with E-state index in [1.54, 1.807) is 0 Å². The van der Waals surface area contributed by atoms with Crippen molar-refractivity contribution >= 4 is 29.4 Å². The number of amides is 1. The Labute approximate surface area is 193 Å². The molecule has 3 rings (SSSR count). The van der Waals surface area contributed by atoms with E-state index in [4.69, 9.17) is 0 Å². The second-order valence-corrected chi connectivity index (χ2v) is 8.25. The van der Waals surface area contributed by atoms with Gasteiger partial charge in [-0.25, -0.2) is 0 Å². The molecule has 2 aromatic carbocycles. The van der Waals surface area contributed by atoms with E-state index in [1.807, 2.05) is 6.08 Å². The minimum atomic E-state index is 0.0272. The van der Waals surface area contributed by atoms with Crippen LogP contribution in [0.4, 0.5) is 11.4 Å². The molecule has 1 aliphatic heterocycles. The number of carbonyl (C=O) groups excluding carboxylic acids is 1. The highest BCUT2D eigenvalue weighted by Gasteiger charge is 2.25. The number of benzene rings is 2. The van der Waals surface area contributed by atoms with Crippen molar-refractivity contribution in [3.63, 3.8) is 0 Å². The molecule has 1 heterocycles. The van der Waals surface area contributed by atoms with Crippen LogP contribution in [0.1, 0.15) is 45.7 Å².